The van der Waals surface area contributed by atoms with Gasteiger partial charge in [-0.05, 0) is 59.8 Å². The van der Waals surface area contributed by atoms with Crippen molar-refractivity contribution in [3.8, 4) is 11.4 Å². The number of hydrogen-bond acceptors (Lipinski definition) is 7. The van der Waals surface area contributed by atoms with Crippen LogP contribution < -0.4 is 4.74 Å². The van der Waals surface area contributed by atoms with Crippen molar-refractivity contribution >= 4 is 10.0 Å². The second kappa shape index (κ2) is 9.68. The van der Waals surface area contributed by atoms with Gasteiger partial charge in [0.25, 0.3) is 0 Å². The fraction of sp³-hybridized carbons (Fsp3) is 0.381. The number of ether oxygens (including phenoxy) is 1. The van der Waals surface area contributed by atoms with Gasteiger partial charge in [-0.1, -0.05) is 6.07 Å². The van der Waals surface area contributed by atoms with Crippen molar-refractivity contribution < 1.29 is 26.3 Å². The van der Waals surface area contributed by atoms with Crippen molar-refractivity contribution in [2.75, 3.05) is 32.8 Å². The monoisotopic (exact) mass is 496 g/mol. The summed E-state index contributed by atoms with van der Waals surface area (Å²) in [6.07, 6.45) is -4.61. The van der Waals surface area contributed by atoms with Crippen molar-refractivity contribution in [2.24, 2.45) is 0 Å². The molecule has 1 saturated heterocycles. The number of piperazine rings is 1. The molecule has 13 heteroatoms. The first kappa shape index (κ1) is 24.1. The Balaban J connectivity index is 1.41. The normalized spacial score (nSPS) is 16.0. The van der Waals surface area contributed by atoms with Gasteiger partial charge < -0.3 is 4.74 Å². The summed E-state index contributed by atoms with van der Waals surface area (Å²) in [5.74, 6) is 1.32. The van der Waals surface area contributed by atoms with Crippen LogP contribution in [0.3, 0.4) is 0 Å². The van der Waals surface area contributed by atoms with E-state index in [0.717, 1.165) is 23.6 Å². The van der Waals surface area contributed by atoms with Gasteiger partial charge in [0.2, 0.25) is 10.0 Å². The molecular weight excluding hydrogens is 473 g/mol. The Morgan fingerprint density at radius 2 is 1.74 bits per heavy atom. The lowest BCUT2D eigenvalue weighted by atomic mass is 10.2. The molecule has 1 fully saturated rings. The number of rotatable bonds is 7. The first-order chi connectivity index (χ1) is 16.2. The maximum absolute atomic E-state index is 13.0. The van der Waals surface area contributed by atoms with Gasteiger partial charge in [-0.3, -0.25) is 4.90 Å². The van der Waals surface area contributed by atoms with Gasteiger partial charge in [0, 0.05) is 26.2 Å². The Morgan fingerprint density at radius 3 is 2.38 bits per heavy atom. The van der Waals surface area contributed by atoms with Crippen LogP contribution in [0.5, 0.6) is 5.75 Å². The van der Waals surface area contributed by atoms with Gasteiger partial charge in [0.1, 0.15) is 5.75 Å². The minimum absolute atomic E-state index is 0.142. The summed E-state index contributed by atoms with van der Waals surface area (Å²) in [7, 11) is -4.04. The number of hydrogen-bond donors (Lipinski definition) is 0. The highest BCUT2D eigenvalue weighted by Crippen LogP contribution is 2.31. The van der Waals surface area contributed by atoms with Gasteiger partial charge in [-0.15, -0.1) is 5.10 Å². The van der Waals surface area contributed by atoms with E-state index in [4.69, 9.17) is 4.74 Å². The first-order valence-corrected chi connectivity index (χ1v) is 12.0. The summed E-state index contributed by atoms with van der Waals surface area (Å²) in [5.41, 5.74) is -0.234. The molecule has 3 aromatic rings. The summed E-state index contributed by atoms with van der Waals surface area (Å²) in [5, 5.41) is 11.9. The van der Waals surface area contributed by atoms with E-state index in [9.17, 15) is 21.6 Å². The third-order valence-electron chi connectivity index (χ3n) is 5.42. The molecule has 4 rings (SSSR count). The molecule has 0 N–H and O–H groups in total. The van der Waals surface area contributed by atoms with Crippen LogP contribution in [0, 0.1) is 0 Å². The lowest BCUT2D eigenvalue weighted by molar-refractivity contribution is -0.137. The Bertz CT molecular complexity index is 1220. The molecule has 2 aromatic carbocycles. The number of benzene rings is 2. The molecule has 1 aromatic heterocycles. The van der Waals surface area contributed by atoms with Crippen molar-refractivity contribution in [2.45, 2.75) is 24.5 Å². The minimum atomic E-state index is -4.61. The quantitative estimate of drug-likeness (QED) is 0.496. The van der Waals surface area contributed by atoms with Crippen LogP contribution in [0.25, 0.3) is 5.69 Å². The lowest BCUT2D eigenvalue weighted by Crippen LogP contribution is -2.48. The summed E-state index contributed by atoms with van der Waals surface area (Å²) in [6.45, 7) is 3.90. The third kappa shape index (κ3) is 5.21. The standard InChI is InChI=1S/C21H23F3N6O3S/c1-2-33-18-8-6-17(7-9-18)30-20(25-26-27-30)15-28-10-12-29(13-11-28)34(31,32)19-5-3-4-16(14-19)21(22,23)24/h3-9,14H,2,10-13,15H2,1H3. The van der Waals surface area contributed by atoms with Crippen LogP contribution in [-0.4, -0.2) is 70.6 Å². The van der Waals surface area contributed by atoms with E-state index in [2.05, 4.69) is 15.5 Å². The van der Waals surface area contributed by atoms with Gasteiger partial charge in [0.15, 0.2) is 5.82 Å². The highest BCUT2D eigenvalue weighted by molar-refractivity contribution is 7.89. The average Bonchev–Trinajstić information content (AvgIpc) is 3.28. The van der Waals surface area contributed by atoms with Crippen molar-refractivity contribution in [3.63, 3.8) is 0 Å². The third-order valence-corrected chi connectivity index (χ3v) is 7.32. The minimum Gasteiger partial charge on any atom is -0.494 e. The number of sulfonamides is 1. The van der Waals surface area contributed by atoms with E-state index in [1.165, 1.54) is 10.4 Å². The maximum Gasteiger partial charge on any atom is 0.416 e. The Hall–Kier alpha value is -3.03. The Morgan fingerprint density at radius 1 is 1.03 bits per heavy atom. The molecule has 2 heterocycles. The average molecular weight is 497 g/mol. The summed E-state index contributed by atoms with van der Waals surface area (Å²) >= 11 is 0. The lowest BCUT2D eigenvalue weighted by Gasteiger charge is -2.33. The van der Waals surface area contributed by atoms with Gasteiger partial charge in [-0.25, -0.2) is 8.42 Å². The largest absolute Gasteiger partial charge is 0.494 e. The highest BCUT2D eigenvalue weighted by atomic mass is 32.2. The number of aromatic nitrogens is 4. The zero-order chi connectivity index (χ0) is 24.3. The summed E-state index contributed by atoms with van der Waals surface area (Å²) < 4.78 is 73.0. The molecule has 0 bridgehead atoms. The van der Waals surface area contributed by atoms with Crippen molar-refractivity contribution in [3.05, 3.63) is 59.9 Å². The Kier molecular flexibility index (Phi) is 6.86. The molecule has 0 radical (unpaired) electrons. The van der Waals surface area contributed by atoms with E-state index >= 15 is 0 Å². The van der Waals surface area contributed by atoms with Crippen molar-refractivity contribution in [1.29, 1.82) is 0 Å². The van der Waals surface area contributed by atoms with E-state index in [1.807, 2.05) is 36.1 Å². The molecule has 0 unspecified atom stereocenters. The molecule has 0 saturated carbocycles. The second-order valence-corrected chi connectivity index (χ2v) is 9.58. The predicted molar refractivity (Wildman–Crippen MR) is 116 cm³/mol. The number of nitrogens with zero attached hydrogens (tertiary/aromatic N) is 6. The van der Waals surface area contributed by atoms with E-state index in [0.29, 0.717) is 38.1 Å². The number of halogens is 3. The fourth-order valence-electron chi connectivity index (χ4n) is 3.67. The number of tetrazole rings is 1. The smallest absolute Gasteiger partial charge is 0.416 e. The van der Waals surface area contributed by atoms with E-state index in [1.54, 1.807) is 4.68 Å². The van der Waals surface area contributed by atoms with E-state index < -0.39 is 21.8 Å². The fourth-order valence-corrected chi connectivity index (χ4v) is 5.13. The zero-order valence-corrected chi connectivity index (χ0v) is 19.1. The molecule has 1 aliphatic rings. The van der Waals surface area contributed by atoms with Crippen LogP contribution in [0.4, 0.5) is 13.2 Å². The zero-order valence-electron chi connectivity index (χ0n) is 18.3. The highest BCUT2D eigenvalue weighted by Gasteiger charge is 2.34. The van der Waals surface area contributed by atoms with Crippen LogP contribution >= 0.6 is 0 Å². The maximum atomic E-state index is 13.0. The molecule has 0 amide bonds. The summed E-state index contributed by atoms with van der Waals surface area (Å²) in [4.78, 5) is 1.63. The first-order valence-electron chi connectivity index (χ1n) is 10.6. The SMILES string of the molecule is CCOc1ccc(-n2nnnc2CN2CCN(S(=O)(=O)c3cccc(C(F)(F)F)c3)CC2)cc1. The number of alkyl halides is 3. The molecule has 34 heavy (non-hydrogen) atoms. The second-order valence-electron chi connectivity index (χ2n) is 7.64. The van der Waals surface area contributed by atoms with E-state index in [-0.39, 0.29) is 18.0 Å². The Labute approximate surface area is 194 Å². The van der Waals surface area contributed by atoms with Crippen molar-refractivity contribution in [1.82, 2.24) is 29.4 Å². The molecule has 1 aliphatic heterocycles. The van der Waals surface area contributed by atoms with Gasteiger partial charge in [-0.2, -0.15) is 22.2 Å². The molecule has 182 valence electrons. The van der Waals surface area contributed by atoms with Crippen LogP contribution in [0.15, 0.2) is 53.4 Å². The van der Waals surface area contributed by atoms with Crippen LogP contribution in [0.1, 0.15) is 18.3 Å². The van der Waals surface area contributed by atoms with Gasteiger partial charge >= 0.3 is 6.18 Å². The molecule has 0 spiro atoms. The predicted octanol–water partition coefficient (Wildman–Crippen LogP) is 2.59. The molecule has 0 atom stereocenters. The topological polar surface area (TPSA) is 93.4 Å². The van der Waals surface area contributed by atoms with Gasteiger partial charge in [0.05, 0.1) is 29.3 Å². The molecule has 0 aliphatic carbocycles. The van der Waals surface area contributed by atoms with Crippen LogP contribution in [0.2, 0.25) is 0 Å². The summed E-state index contributed by atoms with van der Waals surface area (Å²) in [6, 6.07) is 11.1. The molecule has 9 nitrogen and oxygen atoms in total. The van der Waals surface area contributed by atoms with Crippen LogP contribution in [-0.2, 0) is 22.7 Å². The molecular formula is C21H23F3N6O3S.